The topological polar surface area (TPSA) is 140 Å². The molecule has 11 heteroatoms. The minimum Gasteiger partial charge on any atom is -0.480 e. The Bertz CT molecular complexity index is 1050. The van der Waals surface area contributed by atoms with Crippen LogP contribution in [0.25, 0.3) is 0 Å². The average Bonchev–Trinajstić information content (AvgIpc) is 3.31. The van der Waals surface area contributed by atoms with Gasteiger partial charge in [-0.25, -0.2) is 14.5 Å². The number of piperazine rings is 1. The van der Waals surface area contributed by atoms with Crippen LogP contribution in [0, 0.1) is 11.8 Å². The van der Waals surface area contributed by atoms with Gasteiger partial charge in [-0.05, 0) is 44.7 Å². The number of Topliss-reactive ketones (excluding diaryl/α,β-unsaturated/α-hetero) is 1. The summed E-state index contributed by atoms with van der Waals surface area (Å²) in [6.45, 7) is 2.49. The first-order valence-corrected chi connectivity index (χ1v) is 12.3. The Morgan fingerprint density at radius 2 is 1.71 bits per heavy atom. The SMILES string of the molecule is O=C1CCCc2occ(C(=O)N3CCN(C(=O)N4C(=O)[C@H](CC5CCNCC5)[C@H]4C(=O)O)CC3)c21. The van der Waals surface area contributed by atoms with Crippen LogP contribution in [0.1, 0.15) is 58.6 Å². The Kier molecular flexibility index (Phi) is 6.35. The van der Waals surface area contributed by atoms with Crippen molar-refractivity contribution in [2.75, 3.05) is 39.3 Å². The lowest BCUT2D eigenvalue weighted by atomic mass is 9.78. The number of furan rings is 1. The fraction of sp³-hybridized carbons (Fsp3) is 0.625. The van der Waals surface area contributed by atoms with Crippen molar-refractivity contribution in [3.63, 3.8) is 0 Å². The molecule has 2 N–H and O–H groups in total. The van der Waals surface area contributed by atoms with Crippen LogP contribution in [-0.2, 0) is 16.0 Å². The predicted molar refractivity (Wildman–Crippen MR) is 121 cm³/mol. The van der Waals surface area contributed by atoms with Crippen molar-refractivity contribution in [3.8, 4) is 0 Å². The number of carboxylic acid groups (broad SMARTS) is 1. The summed E-state index contributed by atoms with van der Waals surface area (Å²) in [5.74, 6) is -1.85. The van der Waals surface area contributed by atoms with Crippen molar-refractivity contribution >= 4 is 29.6 Å². The first-order valence-electron chi connectivity index (χ1n) is 12.3. The number of β-lactam (4-membered cyclic amide) rings is 1. The Morgan fingerprint density at radius 1 is 1.03 bits per heavy atom. The van der Waals surface area contributed by atoms with Gasteiger partial charge in [-0.3, -0.25) is 14.4 Å². The first kappa shape index (κ1) is 23.5. The molecule has 0 bridgehead atoms. The number of fused-ring (bicyclic) bond motifs is 1. The van der Waals surface area contributed by atoms with Crippen LogP contribution < -0.4 is 5.32 Å². The standard InChI is InChI=1S/C24H30N4O7/c29-17-2-1-3-18-19(17)16(13-35-18)21(30)26-8-10-27(11-9-26)24(34)28-20(23(32)33)15(22(28)31)12-14-4-6-25-7-5-14/h13-15,20,25H,1-12H2,(H,32,33)/t15-,20+/m1/s1. The molecule has 1 aliphatic carbocycles. The highest BCUT2D eigenvalue weighted by Crippen LogP contribution is 2.36. The first-order chi connectivity index (χ1) is 16.9. The Hall–Kier alpha value is -3.21. The van der Waals surface area contributed by atoms with E-state index in [2.05, 4.69) is 5.32 Å². The number of urea groups is 1. The molecular weight excluding hydrogens is 456 g/mol. The molecule has 3 aliphatic heterocycles. The number of nitrogens with zero attached hydrogens (tertiary/aromatic N) is 3. The maximum atomic E-state index is 13.1. The summed E-state index contributed by atoms with van der Waals surface area (Å²) in [6, 6.07) is -1.76. The number of likely N-dealkylation sites (tertiary alicyclic amines) is 1. The molecule has 4 heterocycles. The Balaban J connectivity index is 1.20. The zero-order chi connectivity index (χ0) is 24.7. The molecule has 35 heavy (non-hydrogen) atoms. The van der Waals surface area contributed by atoms with Crippen LogP contribution >= 0.6 is 0 Å². The molecule has 11 nitrogen and oxygen atoms in total. The number of carboxylic acids is 1. The van der Waals surface area contributed by atoms with Crippen molar-refractivity contribution in [3.05, 3.63) is 23.2 Å². The Labute approximate surface area is 202 Å². The maximum Gasteiger partial charge on any atom is 0.327 e. The highest BCUT2D eigenvalue weighted by molar-refractivity contribution is 6.09. The number of ketones is 1. The molecular formula is C24H30N4O7. The second-order valence-electron chi connectivity index (χ2n) is 9.81. The normalized spacial score (nSPS) is 25.3. The van der Waals surface area contributed by atoms with Gasteiger partial charge in [0, 0.05) is 39.0 Å². The van der Waals surface area contributed by atoms with E-state index in [1.54, 1.807) is 4.90 Å². The number of piperidine rings is 1. The van der Waals surface area contributed by atoms with E-state index in [1.165, 1.54) is 11.2 Å². The van der Waals surface area contributed by atoms with Gasteiger partial charge in [-0.1, -0.05) is 0 Å². The molecule has 0 saturated carbocycles. The van der Waals surface area contributed by atoms with Crippen LogP contribution in [0.15, 0.2) is 10.7 Å². The molecule has 0 unspecified atom stereocenters. The van der Waals surface area contributed by atoms with Gasteiger partial charge in [0.25, 0.3) is 5.91 Å². The number of rotatable bonds is 4. The van der Waals surface area contributed by atoms with Gasteiger partial charge in [0.15, 0.2) is 11.8 Å². The molecule has 0 aromatic carbocycles. The van der Waals surface area contributed by atoms with E-state index in [9.17, 15) is 29.1 Å². The summed E-state index contributed by atoms with van der Waals surface area (Å²) in [5, 5.41) is 13.0. The van der Waals surface area contributed by atoms with Gasteiger partial charge >= 0.3 is 12.0 Å². The summed E-state index contributed by atoms with van der Waals surface area (Å²) in [4.78, 5) is 67.0. The summed E-state index contributed by atoms with van der Waals surface area (Å²) in [5.41, 5.74) is 0.629. The monoisotopic (exact) mass is 486 g/mol. The molecule has 2 atom stereocenters. The van der Waals surface area contributed by atoms with Crippen molar-refractivity contribution in [2.24, 2.45) is 11.8 Å². The molecule has 3 fully saturated rings. The number of carbonyl (C=O) groups excluding carboxylic acids is 4. The van der Waals surface area contributed by atoms with Gasteiger partial charge in [0.2, 0.25) is 5.91 Å². The fourth-order valence-electron chi connectivity index (χ4n) is 5.75. The third-order valence-electron chi connectivity index (χ3n) is 7.74. The van der Waals surface area contributed by atoms with Crippen LogP contribution in [-0.4, -0.2) is 94.7 Å². The summed E-state index contributed by atoms with van der Waals surface area (Å²) in [7, 11) is 0. The number of hydrogen-bond acceptors (Lipinski definition) is 7. The van der Waals surface area contributed by atoms with E-state index in [0.717, 1.165) is 30.8 Å². The van der Waals surface area contributed by atoms with Crippen LogP contribution in [0.3, 0.4) is 0 Å². The molecule has 5 rings (SSSR count). The van der Waals surface area contributed by atoms with E-state index in [4.69, 9.17) is 4.42 Å². The highest BCUT2D eigenvalue weighted by Gasteiger charge is 2.56. The van der Waals surface area contributed by atoms with Gasteiger partial charge in [-0.15, -0.1) is 0 Å². The van der Waals surface area contributed by atoms with Gasteiger partial charge in [-0.2, -0.15) is 0 Å². The van der Waals surface area contributed by atoms with E-state index < -0.39 is 29.9 Å². The quantitative estimate of drug-likeness (QED) is 0.600. The lowest BCUT2D eigenvalue weighted by molar-refractivity contribution is -0.167. The van der Waals surface area contributed by atoms with E-state index >= 15 is 0 Å². The van der Waals surface area contributed by atoms with Crippen molar-refractivity contribution in [1.82, 2.24) is 20.0 Å². The van der Waals surface area contributed by atoms with Crippen LogP contribution in [0.4, 0.5) is 4.79 Å². The predicted octanol–water partition coefficient (Wildman–Crippen LogP) is 0.978. The number of hydrogen-bond donors (Lipinski definition) is 2. The van der Waals surface area contributed by atoms with Crippen molar-refractivity contribution in [1.29, 1.82) is 0 Å². The number of aliphatic carboxylic acids is 1. The lowest BCUT2D eigenvalue weighted by Gasteiger charge is -2.47. The minimum absolute atomic E-state index is 0.0905. The van der Waals surface area contributed by atoms with Crippen molar-refractivity contribution in [2.45, 2.75) is 44.6 Å². The van der Waals surface area contributed by atoms with Crippen molar-refractivity contribution < 1.29 is 33.5 Å². The molecule has 188 valence electrons. The third kappa shape index (κ3) is 4.22. The third-order valence-corrected chi connectivity index (χ3v) is 7.74. The molecule has 1 aromatic heterocycles. The van der Waals surface area contributed by atoms with Gasteiger partial charge in [0.1, 0.15) is 12.0 Å². The molecule has 0 spiro atoms. The second kappa shape index (κ2) is 9.44. The van der Waals surface area contributed by atoms with E-state index in [1.807, 2.05) is 0 Å². The smallest absolute Gasteiger partial charge is 0.327 e. The minimum atomic E-state index is -1.17. The van der Waals surface area contributed by atoms with Gasteiger partial charge in [0.05, 0.1) is 17.0 Å². The van der Waals surface area contributed by atoms with Crippen LogP contribution in [0.5, 0.6) is 0 Å². The van der Waals surface area contributed by atoms with Gasteiger partial charge < -0.3 is 24.6 Å². The fourth-order valence-corrected chi connectivity index (χ4v) is 5.75. The van der Waals surface area contributed by atoms with Crippen LogP contribution in [0.2, 0.25) is 0 Å². The zero-order valence-electron chi connectivity index (χ0n) is 19.5. The maximum absolute atomic E-state index is 13.1. The molecule has 0 radical (unpaired) electrons. The lowest BCUT2D eigenvalue weighted by Crippen LogP contribution is -2.69. The summed E-state index contributed by atoms with van der Waals surface area (Å²) in [6.07, 6.45) is 5.34. The van der Waals surface area contributed by atoms with E-state index in [-0.39, 0.29) is 49.4 Å². The summed E-state index contributed by atoms with van der Waals surface area (Å²) < 4.78 is 5.46. The molecule has 4 aliphatic rings. The second-order valence-corrected chi connectivity index (χ2v) is 9.81. The molecule has 1 aromatic rings. The average molecular weight is 487 g/mol. The summed E-state index contributed by atoms with van der Waals surface area (Å²) >= 11 is 0. The number of carbonyl (C=O) groups is 5. The highest BCUT2D eigenvalue weighted by atomic mass is 16.4. The molecule has 4 amide bonds. The number of aryl methyl sites for hydroxylation is 1. The number of amides is 4. The zero-order valence-corrected chi connectivity index (χ0v) is 19.5. The largest absolute Gasteiger partial charge is 0.480 e. The van der Waals surface area contributed by atoms with E-state index in [0.29, 0.717) is 37.0 Å². The number of imide groups is 1. The Morgan fingerprint density at radius 3 is 2.40 bits per heavy atom. The molecule has 3 saturated heterocycles. The number of nitrogens with one attached hydrogen (secondary N) is 1.